The van der Waals surface area contributed by atoms with Crippen LogP contribution in [0.4, 0.5) is 34.1 Å². The summed E-state index contributed by atoms with van der Waals surface area (Å²) < 4.78 is 4.76. The van der Waals surface area contributed by atoms with E-state index < -0.39 is 0 Å². The maximum atomic E-state index is 2.39. The quantitative estimate of drug-likeness (QED) is 0.108. The molecule has 0 spiro atoms. The first-order chi connectivity index (χ1) is 46.6. The lowest BCUT2D eigenvalue weighted by atomic mass is 9.98. The van der Waals surface area contributed by atoms with Gasteiger partial charge in [-0.1, -0.05) is 243 Å². The predicted molar refractivity (Wildman–Crippen MR) is 397 cm³/mol. The van der Waals surface area contributed by atoms with E-state index in [1.165, 1.54) is 88.1 Å². The Bertz CT molecular complexity index is 5190. The van der Waals surface area contributed by atoms with Crippen LogP contribution in [-0.2, 0) is 0 Å². The van der Waals surface area contributed by atoms with E-state index in [9.17, 15) is 0 Å². The van der Waals surface area contributed by atoms with Crippen molar-refractivity contribution in [3.05, 3.63) is 376 Å². The molecule has 0 bridgehead atoms. The monoisotopic (exact) mass is 1200 g/mol. The van der Waals surface area contributed by atoms with Crippen molar-refractivity contribution in [3.8, 4) is 78.1 Å². The Balaban J connectivity index is 0.692. The molecule has 0 radical (unpaired) electrons. The summed E-state index contributed by atoms with van der Waals surface area (Å²) in [4.78, 5) is 4.78. The summed E-state index contributed by atoms with van der Waals surface area (Å²) in [6.07, 6.45) is 0. The first-order valence-corrected chi connectivity index (χ1v) is 32.2. The second-order valence-electron chi connectivity index (χ2n) is 24.1. The topological polar surface area (TPSA) is 16.3 Å². The van der Waals surface area contributed by atoms with Gasteiger partial charge in [0.2, 0.25) is 0 Å². The molecule has 0 atom stereocenters. The second-order valence-corrected chi connectivity index (χ2v) is 24.1. The molecule has 442 valence electrons. The third kappa shape index (κ3) is 10.4. The molecule has 17 aromatic rings. The number of rotatable bonds is 14. The molecule has 4 nitrogen and oxygen atoms in total. The van der Waals surface area contributed by atoms with Gasteiger partial charge >= 0.3 is 0 Å². The van der Waals surface area contributed by atoms with Crippen molar-refractivity contribution in [1.82, 2.24) is 9.13 Å². The molecule has 0 aliphatic rings. The van der Waals surface area contributed by atoms with E-state index in [2.05, 4.69) is 395 Å². The van der Waals surface area contributed by atoms with Gasteiger partial charge < -0.3 is 18.9 Å². The molecule has 0 aliphatic heterocycles. The number of hydrogen-bond donors (Lipinski definition) is 0. The molecule has 17 rings (SSSR count). The van der Waals surface area contributed by atoms with Gasteiger partial charge in [-0.2, -0.15) is 0 Å². The summed E-state index contributed by atoms with van der Waals surface area (Å²) in [5.41, 5.74) is 27.6. The van der Waals surface area contributed by atoms with Crippen molar-refractivity contribution in [3.63, 3.8) is 0 Å². The highest BCUT2D eigenvalue weighted by atomic mass is 15.1. The van der Waals surface area contributed by atoms with E-state index in [4.69, 9.17) is 0 Å². The molecule has 2 aromatic heterocycles. The highest BCUT2D eigenvalue weighted by Crippen LogP contribution is 2.44. The average Bonchev–Trinajstić information content (AvgIpc) is 1.61. The maximum Gasteiger partial charge on any atom is 0.0542 e. The Morgan fingerprint density at radius 1 is 0.149 bits per heavy atom. The highest BCUT2D eigenvalue weighted by molar-refractivity contribution is 6.12. The van der Waals surface area contributed by atoms with Crippen LogP contribution in [0, 0.1) is 0 Å². The number of fused-ring (bicyclic) bond motifs is 6. The first-order valence-electron chi connectivity index (χ1n) is 32.2. The average molecular weight is 1200 g/mol. The lowest BCUT2D eigenvalue weighted by Gasteiger charge is -2.26. The summed E-state index contributed by atoms with van der Waals surface area (Å²) in [7, 11) is 0. The van der Waals surface area contributed by atoms with E-state index in [1.807, 2.05) is 0 Å². The maximum absolute atomic E-state index is 2.39. The Kier molecular flexibility index (Phi) is 14.2. The van der Waals surface area contributed by atoms with Crippen molar-refractivity contribution in [1.29, 1.82) is 0 Å². The van der Waals surface area contributed by atoms with Crippen molar-refractivity contribution in [2.24, 2.45) is 0 Å². The van der Waals surface area contributed by atoms with Gasteiger partial charge in [-0.3, -0.25) is 0 Å². The molecular formula is C90H62N4. The van der Waals surface area contributed by atoms with E-state index in [-0.39, 0.29) is 0 Å². The number of nitrogens with zero attached hydrogens (tertiary/aromatic N) is 4. The van der Waals surface area contributed by atoms with E-state index in [0.717, 1.165) is 67.8 Å². The fourth-order valence-electron chi connectivity index (χ4n) is 13.9. The van der Waals surface area contributed by atoms with Gasteiger partial charge in [-0.05, 0) is 200 Å². The summed E-state index contributed by atoms with van der Waals surface area (Å²) in [5.74, 6) is 0. The van der Waals surface area contributed by atoms with Gasteiger partial charge in [0, 0.05) is 67.0 Å². The molecule has 0 fully saturated rings. The van der Waals surface area contributed by atoms with E-state index in [1.54, 1.807) is 0 Å². The van der Waals surface area contributed by atoms with Crippen molar-refractivity contribution >= 4 is 77.7 Å². The molecule has 0 unspecified atom stereocenters. The molecule has 94 heavy (non-hydrogen) atoms. The van der Waals surface area contributed by atoms with Gasteiger partial charge in [0.15, 0.2) is 0 Å². The Hall–Kier alpha value is -12.5. The number of aromatic nitrogens is 2. The highest BCUT2D eigenvalue weighted by Gasteiger charge is 2.21. The van der Waals surface area contributed by atoms with Crippen molar-refractivity contribution in [2.75, 3.05) is 9.80 Å². The lowest BCUT2D eigenvalue weighted by molar-refractivity contribution is 1.18. The normalized spacial score (nSPS) is 11.4. The minimum absolute atomic E-state index is 1.07. The standard InChI is InChI=1S/C90H62N4/c1-5-19-63(20-6-1)71-23-17-25-73(59-71)69-43-51-79(52-44-69)91(81-55-57-89-85(61-81)83-31-13-15-33-87(83)93(89)75-27-9-3-10-28-75)77-47-39-67(40-48-77)65-35-37-66(38-36-65)68-41-49-78(50-42-68)92(80-53-45-70(46-54-80)74-26-18-24-72(60-74)64-21-7-2-8-22-64)82-56-58-90-86(62-82)84-32-14-16-34-88(84)94(90)76-29-11-4-12-30-76/h1-62H. The third-order valence-corrected chi connectivity index (χ3v) is 18.5. The van der Waals surface area contributed by atoms with Gasteiger partial charge in [0.25, 0.3) is 0 Å². The molecule has 2 heterocycles. The lowest BCUT2D eigenvalue weighted by Crippen LogP contribution is -2.10. The van der Waals surface area contributed by atoms with Crippen LogP contribution in [0.1, 0.15) is 0 Å². The molecule has 4 heteroatoms. The van der Waals surface area contributed by atoms with Gasteiger partial charge in [-0.15, -0.1) is 0 Å². The summed E-state index contributed by atoms with van der Waals surface area (Å²) in [5, 5.41) is 4.84. The molecule has 0 N–H and O–H groups in total. The Morgan fingerprint density at radius 3 is 0.713 bits per heavy atom. The summed E-state index contributed by atoms with van der Waals surface area (Å²) in [6, 6.07) is 137. The van der Waals surface area contributed by atoms with E-state index in [0.29, 0.717) is 0 Å². The van der Waals surface area contributed by atoms with Gasteiger partial charge in [0.1, 0.15) is 0 Å². The number of anilines is 6. The molecule has 0 saturated carbocycles. The fraction of sp³-hybridized carbons (Fsp3) is 0. The van der Waals surface area contributed by atoms with Crippen molar-refractivity contribution < 1.29 is 0 Å². The van der Waals surface area contributed by atoms with Gasteiger partial charge in [0.05, 0.1) is 22.1 Å². The van der Waals surface area contributed by atoms with Gasteiger partial charge in [-0.25, -0.2) is 0 Å². The largest absolute Gasteiger partial charge is 0.310 e. The predicted octanol–water partition coefficient (Wildman–Crippen LogP) is 24.8. The van der Waals surface area contributed by atoms with Crippen LogP contribution < -0.4 is 9.80 Å². The molecular weight excluding hydrogens is 1140 g/mol. The van der Waals surface area contributed by atoms with Crippen LogP contribution in [0.15, 0.2) is 376 Å². The molecule has 0 aliphatic carbocycles. The van der Waals surface area contributed by atoms with Crippen LogP contribution >= 0.6 is 0 Å². The minimum atomic E-state index is 1.07. The van der Waals surface area contributed by atoms with Crippen LogP contribution in [-0.4, -0.2) is 9.13 Å². The SMILES string of the molecule is c1ccc(-c2cccc(-c3ccc(N(c4ccc(-c5ccc(-c6ccc(N(c7ccc(-c8cccc(-c9ccccc9)c8)cc7)c7ccc8c(c7)c7ccccc7n8-c7ccccc7)cc6)cc5)cc4)c4ccc5c(c4)c4ccccc4n5-c4ccccc4)cc3)c2)cc1. The van der Waals surface area contributed by atoms with Crippen LogP contribution in [0.5, 0.6) is 0 Å². The Morgan fingerprint density at radius 2 is 0.383 bits per heavy atom. The number of benzene rings is 15. The second kappa shape index (κ2) is 24.0. The number of para-hydroxylation sites is 4. The Labute approximate surface area is 547 Å². The third-order valence-electron chi connectivity index (χ3n) is 18.5. The van der Waals surface area contributed by atoms with Crippen LogP contribution in [0.25, 0.3) is 122 Å². The fourth-order valence-corrected chi connectivity index (χ4v) is 13.9. The van der Waals surface area contributed by atoms with Crippen LogP contribution in [0.2, 0.25) is 0 Å². The van der Waals surface area contributed by atoms with E-state index >= 15 is 0 Å². The molecule has 0 amide bonds. The zero-order valence-electron chi connectivity index (χ0n) is 51.6. The molecule has 0 saturated heterocycles. The number of hydrogen-bond acceptors (Lipinski definition) is 2. The summed E-state index contributed by atoms with van der Waals surface area (Å²) >= 11 is 0. The van der Waals surface area contributed by atoms with Crippen molar-refractivity contribution in [2.45, 2.75) is 0 Å². The first kappa shape index (κ1) is 55.6. The zero-order chi connectivity index (χ0) is 62.3. The summed E-state index contributed by atoms with van der Waals surface area (Å²) in [6.45, 7) is 0. The van der Waals surface area contributed by atoms with Crippen LogP contribution in [0.3, 0.4) is 0 Å². The smallest absolute Gasteiger partial charge is 0.0542 e. The zero-order valence-corrected chi connectivity index (χ0v) is 51.6. The molecule has 15 aromatic carbocycles. The minimum Gasteiger partial charge on any atom is -0.310 e.